The average Bonchev–Trinajstić information content (AvgIpc) is 2.80. The SMILES string of the molecule is COc1ccc([C@@H](CNC(=O)Cc2ccc3ccccc3c2)N2CCOCC2)cc1. The Morgan fingerprint density at radius 2 is 1.77 bits per heavy atom. The van der Waals surface area contributed by atoms with Gasteiger partial charge in [0.25, 0.3) is 0 Å². The highest BCUT2D eigenvalue weighted by Crippen LogP contribution is 2.24. The second-order valence-corrected chi connectivity index (χ2v) is 7.60. The molecule has 0 radical (unpaired) electrons. The van der Waals surface area contributed by atoms with E-state index in [0.29, 0.717) is 13.0 Å². The van der Waals surface area contributed by atoms with Gasteiger partial charge < -0.3 is 14.8 Å². The number of rotatable bonds is 7. The lowest BCUT2D eigenvalue weighted by atomic mass is 10.0. The third kappa shape index (κ3) is 4.99. The van der Waals surface area contributed by atoms with E-state index < -0.39 is 0 Å². The third-order valence-electron chi connectivity index (χ3n) is 5.66. The first kappa shape index (κ1) is 20.4. The molecule has 4 rings (SSSR count). The van der Waals surface area contributed by atoms with Gasteiger partial charge in [0.2, 0.25) is 5.91 Å². The van der Waals surface area contributed by atoms with Crippen molar-refractivity contribution in [3.8, 4) is 5.75 Å². The van der Waals surface area contributed by atoms with Gasteiger partial charge in [-0.1, -0.05) is 54.6 Å². The Kier molecular flexibility index (Phi) is 6.62. The number of ether oxygens (including phenoxy) is 2. The number of morpholine rings is 1. The van der Waals surface area contributed by atoms with Crippen molar-refractivity contribution in [2.24, 2.45) is 0 Å². The van der Waals surface area contributed by atoms with Crippen LogP contribution in [0.15, 0.2) is 66.7 Å². The van der Waals surface area contributed by atoms with Crippen LogP contribution in [-0.4, -0.2) is 50.8 Å². The van der Waals surface area contributed by atoms with Crippen LogP contribution in [0.4, 0.5) is 0 Å². The predicted octanol–water partition coefficient (Wildman–Crippen LogP) is 3.58. The quantitative estimate of drug-likeness (QED) is 0.654. The number of hydrogen-bond donors (Lipinski definition) is 1. The molecule has 30 heavy (non-hydrogen) atoms. The van der Waals surface area contributed by atoms with Crippen LogP contribution in [0, 0.1) is 0 Å². The average molecular weight is 405 g/mol. The van der Waals surface area contributed by atoms with Crippen LogP contribution >= 0.6 is 0 Å². The smallest absolute Gasteiger partial charge is 0.224 e. The monoisotopic (exact) mass is 404 g/mol. The summed E-state index contributed by atoms with van der Waals surface area (Å²) >= 11 is 0. The summed E-state index contributed by atoms with van der Waals surface area (Å²) < 4.78 is 10.8. The molecular formula is C25H28N2O3. The first-order valence-electron chi connectivity index (χ1n) is 10.4. The standard InChI is InChI=1S/C25H28N2O3/c1-29-23-10-8-21(9-11-23)24(27-12-14-30-15-13-27)18-26-25(28)17-19-6-7-20-4-2-3-5-22(20)16-19/h2-11,16,24H,12-15,17-18H2,1H3,(H,26,28)/t24-/m1/s1. The third-order valence-corrected chi connectivity index (χ3v) is 5.66. The first-order chi connectivity index (χ1) is 14.7. The lowest BCUT2D eigenvalue weighted by Gasteiger charge is -2.35. The molecular weight excluding hydrogens is 376 g/mol. The van der Waals surface area contributed by atoms with Gasteiger partial charge in [0.05, 0.1) is 32.8 Å². The van der Waals surface area contributed by atoms with Gasteiger partial charge >= 0.3 is 0 Å². The Bertz CT molecular complexity index is 981. The molecule has 1 N–H and O–H groups in total. The number of carbonyl (C=O) groups excluding carboxylic acids is 1. The number of fused-ring (bicyclic) bond motifs is 1. The van der Waals surface area contributed by atoms with Crippen molar-refractivity contribution < 1.29 is 14.3 Å². The van der Waals surface area contributed by atoms with Crippen LogP contribution in [0.2, 0.25) is 0 Å². The second kappa shape index (κ2) is 9.74. The van der Waals surface area contributed by atoms with Crippen molar-refractivity contribution in [3.05, 3.63) is 77.9 Å². The Morgan fingerprint density at radius 3 is 2.50 bits per heavy atom. The van der Waals surface area contributed by atoms with Crippen LogP contribution in [0.5, 0.6) is 5.75 Å². The van der Waals surface area contributed by atoms with E-state index in [1.54, 1.807) is 7.11 Å². The van der Waals surface area contributed by atoms with Crippen LogP contribution in [0.1, 0.15) is 17.2 Å². The minimum Gasteiger partial charge on any atom is -0.497 e. The van der Waals surface area contributed by atoms with Gasteiger partial charge in [-0.3, -0.25) is 9.69 Å². The zero-order valence-corrected chi connectivity index (χ0v) is 17.3. The number of nitrogens with one attached hydrogen (secondary N) is 1. The van der Waals surface area contributed by atoms with Crippen LogP contribution in [-0.2, 0) is 16.0 Å². The topological polar surface area (TPSA) is 50.8 Å². The molecule has 3 aromatic rings. The predicted molar refractivity (Wildman–Crippen MR) is 119 cm³/mol. The maximum Gasteiger partial charge on any atom is 0.224 e. The molecule has 0 saturated carbocycles. The minimum absolute atomic E-state index is 0.0389. The fraction of sp³-hybridized carbons (Fsp3) is 0.320. The van der Waals surface area contributed by atoms with Gasteiger partial charge in [-0.05, 0) is 34.0 Å². The summed E-state index contributed by atoms with van der Waals surface area (Å²) in [5.74, 6) is 0.872. The van der Waals surface area contributed by atoms with Crippen LogP contribution in [0.3, 0.4) is 0 Å². The Balaban J connectivity index is 1.43. The van der Waals surface area contributed by atoms with Gasteiger partial charge in [-0.2, -0.15) is 0 Å². The molecule has 1 atom stereocenters. The van der Waals surface area contributed by atoms with E-state index in [2.05, 4.69) is 46.6 Å². The van der Waals surface area contributed by atoms with E-state index in [4.69, 9.17) is 9.47 Å². The van der Waals surface area contributed by atoms with E-state index in [-0.39, 0.29) is 11.9 Å². The maximum absolute atomic E-state index is 12.7. The molecule has 1 amide bonds. The Hall–Kier alpha value is -2.89. The summed E-state index contributed by atoms with van der Waals surface area (Å²) in [4.78, 5) is 15.1. The van der Waals surface area contributed by atoms with Crippen LogP contribution < -0.4 is 10.1 Å². The first-order valence-corrected chi connectivity index (χ1v) is 10.4. The highest BCUT2D eigenvalue weighted by atomic mass is 16.5. The summed E-state index contributed by atoms with van der Waals surface area (Å²) in [6.45, 7) is 3.72. The molecule has 0 spiro atoms. The molecule has 1 heterocycles. The molecule has 3 aromatic carbocycles. The van der Waals surface area contributed by atoms with E-state index in [9.17, 15) is 4.79 Å². The molecule has 0 aromatic heterocycles. The fourth-order valence-corrected chi connectivity index (χ4v) is 3.98. The number of benzene rings is 3. The zero-order chi connectivity index (χ0) is 20.8. The van der Waals surface area contributed by atoms with Crippen LogP contribution in [0.25, 0.3) is 10.8 Å². The lowest BCUT2D eigenvalue weighted by molar-refractivity contribution is -0.120. The highest BCUT2D eigenvalue weighted by molar-refractivity contribution is 5.85. The van der Waals surface area contributed by atoms with E-state index in [1.807, 2.05) is 30.3 Å². The lowest BCUT2D eigenvalue weighted by Crippen LogP contribution is -2.44. The highest BCUT2D eigenvalue weighted by Gasteiger charge is 2.23. The molecule has 1 aliphatic rings. The number of methoxy groups -OCH3 is 1. The molecule has 5 nitrogen and oxygen atoms in total. The summed E-state index contributed by atoms with van der Waals surface area (Å²) in [7, 11) is 1.67. The molecule has 0 aliphatic carbocycles. The van der Waals surface area contributed by atoms with Crippen molar-refractivity contribution in [2.45, 2.75) is 12.5 Å². The number of hydrogen-bond acceptors (Lipinski definition) is 4. The fourth-order valence-electron chi connectivity index (χ4n) is 3.98. The van der Waals surface area contributed by atoms with Crippen molar-refractivity contribution in [1.29, 1.82) is 0 Å². The van der Waals surface area contributed by atoms with Crippen molar-refractivity contribution in [3.63, 3.8) is 0 Å². The van der Waals surface area contributed by atoms with Crippen molar-refractivity contribution in [1.82, 2.24) is 10.2 Å². The molecule has 5 heteroatoms. The number of carbonyl (C=O) groups is 1. The van der Waals surface area contributed by atoms with Gasteiger partial charge in [0, 0.05) is 19.6 Å². The molecule has 156 valence electrons. The normalized spacial score (nSPS) is 15.6. The Morgan fingerprint density at radius 1 is 1.03 bits per heavy atom. The maximum atomic E-state index is 12.7. The van der Waals surface area contributed by atoms with E-state index >= 15 is 0 Å². The summed E-state index contributed by atoms with van der Waals surface area (Å²) in [5, 5.41) is 5.50. The summed E-state index contributed by atoms with van der Waals surface area (Å²) in [5.41, 5.74) is 2.20. The largest absolute Gasteiger partial charge is 0.497 e. The van der Waals surface area contributed by atoms with E-state index in [0.717, 1.165) is 43.0 Å². The summed E-state index contributed by atoms with van der Waals surface area (Å²) in [6, 6.07) is 22.6. The van der Waals surface area contributed by atoms with Gasteiger partial charge in [0.15, 0.2) is 0 Å². The minimum atomic E-state index is 0.0389. The van der Waals surface area contributed by atoms with E-state index in [1.165, 1.54) is 10.9 Å². The molecule has 0 bridgehead atoms. The Labute approximate surface area is 177 Å². The van der Waals surface area contributed by atoms with Gasteiger partial charge in [-0.15, -0.1) is 0 Å². The van der Waals surface area contributed by atoms with Gasteiger partial charge in [0.1, 0.15) is 5.75 Å². The molecule has 1 saturated heterocycles. The second-order valence-electron chi connectivity index (χ2n) is 7.60. The van der Waals surface area contributed by atoms with Crippen molar-refractivity contribution >= 4 is 16.7 Å². The summed E-state index contributed by atoms with van der Waals surface area (Å²) in [6.07, 6.45) is 0.378. The molecule has 1 fully saturated rings. The molecule has 1 aliphatic heterocycles. The molecule has 0 unspecified atom stereocenters. The number of nitrogens with zero attached hydrogens (tertiary/aromatic N) is 1. The van der Waals surface area contributed by atoms with Crippen molar-refractivity contribution in [2.75, 3.05) is 40.0 Å². The van der Waals surface area contributed by atoms with Gasteiger partial charge in [-0.25, -0.2) is 0 Å². The zero-order valence-electron chi connectivity index (χ0n) is 17.3. The number of amides is 1.